The molecule has 0 bridgehead atoms. The predicted octanol–water partition coefficient (Wildman–Crippen LogP) is 2.93. The lowest BCUT2D eigenvalue weighted by Gasteiger charge is -2.16. The first kappa shape index (κ1) is 17.2. The number of amides is 1. The fourth-order valence-electron chi connectivity index (χ4n) is 2.26. The van der Waals surface area contributed by atoms with Gasteiger partial charge in [-0.2, -0.15) is 0 Å². The Morgan fingerprint density at radius 2 is 1.65 bits per heavy atom. The van der Waals surface area contributed by atoms with Gasteiger partial charge >= 0.3 is 0 Å². The van der Waals surface area contributed by atoms with E-state index >= 15 is 0 Å². The summed E-state index contributed by atoms with van der Waals surface area (Å²) in [5, 5.41) is 3.22. The number of hydrogen-bond acceptors (Lipinski definition) is 3. The second-order valence-electron chi connectivity index (χ2n) is 5.80. The van der Waals surface area contributed by atoms with Gasteiger partial charge in [-0.3, -0.25) is 10.1 Å². The fourth-order valence-corrected chi connectivity index (χ4v) is 2.26. The van der Waals surface area contributed by atoms with Crippen LogP contribution in [0.15, 0.2) is 54.6 Å². The molecule has 4 heteroatoms. The fraction of sp³-hybridized carbons (Fsp3) is 0.316. The molecule has 0 aliphatic rings. The number of benzene rings is 2. The molecular formula is C19H24N2O2. The van der Waals surface area contributed by atoms with Crippen molar-refractivity contribution in [3.05, 3.63) is 71.3 Å². The third kappa shape index (κ3) is 5.51. The molecule has 0 aliphatic carbocycles. The Morgan fingerprint density at radius 1 is 1.04 bits per heavy atom. The second kappa shape index (κ2) is 8.46. The number of hydrogen-bond donors (Lipinski definition) is 2. The summed E-state index contributed by atoms with van der Waals surface area (Å²) in [6, 6.07) is 17.2. The van der Waals surface area contributed by atoms with Crippen LogP contribution in [0.4, 0.5) is 0 Å². The molecule has 2 rings (SSSR count). The summed E-state index contributed by atoms with van der Waals surface area (Å²) in [6.45, 7) is 5.23. The summed E-state index contributed by atoms with van der Waals surface area (Å²) >= 11 is 0. The number of carbonyl (C=O) groups excluding carboxylic acids is 1. The van der Waals surface area contributed by atoms with E-state index in [4.69, 9.17) is 10.5 Å². The first-order valence-corrected chi connectivity index (χ1v) is 7.83. The lowest BCUT2D eigenvalue weighted by Crippen LogP contribution is -2.33. The minimum absolute atomic E-state index is 0.221. The first-order valence-electron chi connectivity index (χ1n) is 7.83. The van der Waals surface area contributed by atoms with Crippen molar-refractivity contribution in [2.75, 3.05) is 0 Å². The van der Waals surface area contributed by atoms with Crippen LogP contribution in [0.2, 0.25) is 0 Å². The van der Waals surface area contributed by atoms with E-state index in [9.17, 15) is 4.79 Å². The van der Waals surface area contributed by atoms with E-state index in [2.05, 4.69) is 5.32 Å². The monoisotopic (exact) mass is 312 g/mol. The molecule has 0 heterocycles. The van der Waals surface area contributed by atoms with Crippen LogP contribution in [0.5, 0.6) is 0 Å². The van der Waals surface area contributed by atoms with Gasteiger partial charge in [0, 0.05) is 6.54 Å². The van der Waals surface area contributed by atoms with Crippen LogP contribution in [0, 0.1) is 0 Å². The Hall–Kier alpha value is -2.17. The lowest BCUT2D eigenvalue weighted by molar-refractivity contribution is -0.120. The normalized spacial score (nSPS) is 12.3. The number of carbonyl (C=O) groups is 1. The van der Waals surface area contributed by atoms with Crippen molar-refractivity contribution >= 4 is 5.91 Å². The van der Waals surface area contributed by atoms with E-state index in [1.807, 2.05) is 68.4 Å². The highest BCUT2D eigenvalue weighted by Crippen LogP contribution is 2.13. The smallest absolute Gasteiger partial charge is 0.239 e. The maximum absolute atomic E-state index is 11.7. The Labute approximate surface area is 137 Å². The number of nitrogens with two attached hydrogens (primary N) is 1. The Balaban J connectivity index is 1.94. The minimum atomic E-state index is -0.486. The molecular weight excluding hydrogens is 288 g/mol. The summed E-state index contributed by atoms with van der Waals surface area (Å²) < 4.78 is 5.58. The van der Waals surface area contributed by atoms with Crippen molar-refractivity contribution in [3.8, 4) is 0 Å². The highest BCUT2D eigenvalue weighted by Gasteiger charge is 2.16. The van der Waals surface area contributed by atoms with Crippen molar-refractivity contribution in [3.63, 3.8) is 0 Å². The van der Waals surface area contributed by atoms with Crippen molar-refractivity contribution in [2.45, 2.75) is 39.1 Å². The van der Waals surface area contributed by atoms with Gasteiger partial charge in [0.1, 0.15) is 6.04 Å². The minimum Gasteiger partial charge on any atom is -0.374 e. The molecule has 4 nitrogen and oxygen atoms in total. The van der Waals surface area contributed by atoms with E-state index in [0.29, 0.717) is 13.2 Å². The van der Waals surface area contributed by atoms with E-state index in [0.717, 1.165) is 16.7 Å². The number of rotatable bonds is 8. The molecule has 1 unspecified atom stereocenters. The average molecular weight is 312 g/mol. The lowest BCUT2D eigenvalue weighted by atomic mass is 10.1. The molecule has 0 radical (unpaired) electrons. The molecule has 2 aromatic rings. The average Bonchev–Trinajstić information content (AvgIpc) is 2.55. The van der Waals surface area contributed by atoms with Crippen LogP contribution in [0.25, 0.3) is 0 Å². The highest BCUT2D eigenvalue weighted by molar-refractivity contribution is 5.81. The van der Waals surface area contributed by atoms with Crippen LogP contribution in [-0.2, 0) is 22.7 Å². The summed E-state index contributed by atoms with van der Waals surface area (Å²) in [4.78, 5) is 11.7. The van der Waals surface area contributed by atoms with Crippen LogP contribution in [0.3, 0.4) is 0 Å². The largest absolute Gasteiger partial charge is 0.374 e. The summed E-state index contributed by atoms with van der Waals surface area (Å²) in [6.07, 6.45) is 0.221. The van der Waals surface area contributed by atoms with Crippen molar-refractivity contribution in [2.24, 2.45) is 5.73 Å². The van der Waals surface area contributed by atoms with Crippen molar-refractivity contribution in [1.82, 2.24) is 5.32 Å². The van der Waals surface area contributed by atoms with Gasteiger partial charge in [0.25, 0.3) is 0 Å². The molecule has 3 N–H and O–H groups in total. The zero-order chi connectivity index (χ0) is 16.7. The standard InChI is InChI=1S/C19H24N2O2/c1-14(2)23-13-16-10-8-15(9-11-16)12-21-18(19(20)22)17-6-4-3-5-7-17/h3-11,14,18,21H,12-13H2,1-2H3,(H2,20,22). The SMILES string of the molecule is CC(C)OCc1ccc(CNC(C(N)=O)c2ccccc2)cc1. The van der Waals surface area contributed by atoms with Gasteiger partial charge in [-0.1, -0.05) is 54.6 Å². The van der Waals surface area contributed by atoms with Gasteiger partial charge in [0.2, 0.25) is 5.91 Å². The Bertz CT molecular complexity index is 609. The quantitative estimate of drug-likeness (QED) is 0.787. The summed E-state index contributed by atoms with van der Waals surface area (Å²) in [7, 11) is 0. The van der Waals surface area contributed by atoms with Gasteiger partial charge in [-0.25, -0.2) is 0 Å². The van der Waals surface area contributed by atoms with E-state index < -0.39 is 6.04 Å². The van der Waals surface area contributed by atoms with Gasteiger partial charge in [-0.15, -0.1) is 0 Å². The predicted molar refractivity (Wildman–Crippen MR) is 91.6 cm³/mol. The molecule has 0 fully saturated rings. The summed E-state index contributed by atoms with van der Waals surface area (Å²) in [5.41, 5.74) is 8.62. The Kier molecular flexibility index (Phi) is 6.32. The van der Waals surface area contributed by atoms with Gasteiger partial charge in [0.15, 0.2) is 0 Å². The van der Waals surface area contributed by atoms with Crippen molar-refractivity contribution < 1.29 is 9.53 Å². The van der Waals surface area contributed by atoms with Crippen molar-refractivity contribution in [1.29, 1.82) is 0 Å². The zero-order valence-corrected chi connectivity index (χ0v) is 13.7. The molecule has 0 saturated carbocycles. The van der Waals surface area contributed by atoms with Gasteiger partial charge in [0.05, 0.1) is 12.7 Å². The number of nitrogens with one attached hydrogen (secondary N) is 1. The second-order valence-corrected chi connectivity index (χ2v) is 5.80. The molecule has 0 aromatic heterocycles. The third-order valence-electron chi connectivity index (χ3n) is 3.53. The van der Waals surface area contributed by atoms with E-state index in [-0.39, 0.29) is 12.0 Å². The topological polar surface area (TPSA) is 64.3 Å². The summed E-state index contributed by atoms with van der Waals surface area (Å²) in [5.74, 6) is -0.377. The van der Waals surface area contributed by atoms with Gasteiger partial charge in [-0.05, 0) is 30.5 Å². The molecule has 0 aliphatic heterocycles. The van der Waals surface area contributed by atoms with E-state index in [1.54, 1.807) is 0 Å². The maximum atomic E-state index is 11.7. The van der Waals surface area contributed by atoms with E-state index in [1.165, 1.54) is 0 Å². The maximum Gasteiger partial charge on any atom is 0.239 e. The number of primary amides is 1. The molecule has 23 heavy (non-hydrogen) atoms. The molecule has 1 atom stereocenters. The first-order chi connectivity index (χ1) is 11.1. The molecule has 122 valence electrons. The Morgan fingerprint density at radius 3 is 2.22 bits per heavy atom. The molecule has 1 amide bonds. The van der Waals surface area contributed by atoms with Crippen LogP contribution in [-0.4, -0.2) is 12.0 Å². The third-order valence-corrected chi connectivity index (χ3v) is 3.53. The van der Waals surface area contributed by atoms with Crippen LogP contribution >= 0.6 is 0 Å². The van der Waals surface area contributed by atoms with Gasteiger partial charge < -0.3 is 10.5 Å². The van der Waals surface area contributed by atoms with Crippen LogP contribution in [0.1, 0.15) is 36.6 Å². The van der Waals surface area contributed by atoms with Crippen LogP contribution < -0.4 is 11.1 Å². The molecule has 0 saturated heterocycles. The number of ether oxygens (including phenoxy) is 1. The molecule has 0 spiro atoms. The highest BCUT2D eigenvalue weighted by atomic mass is 16.5. The zero-order valence-electron chi connectivity index (χ0n) is 13.7. The molecule has 2 aromatic carbocycles.